The Morgan fingerprint density at radius 3 is 2.46 bits per heavy atom. The van der Waals surface area contributed by atoms with Crippen LogP contribution in [0.2, 0.25) is 0 Å². The number of carbonyl (C=O) groups excluding carboxylic acids is 1. The average Bonchev–Trinajstić information content (AvgIpc) is 2.00. The topological polar surface area (TPSA) is 35.5 Å². The van der Waals surface area contributed by atoms with Gasteiger partial charge in [0.15, 0.2) is 6.10 Å². The van der Waals surface area contributed by atoms with Crippen LogP contribution in [-0.4, -0.2) is 31.7 Å². The van der Waals surface area contributed by atoms with Gasteiger partial charge in [-0.15, -0.1) is 0 Å². The van der Waals surface area contributed by atoms with Crippen LogP contribution in [0.3, 0.4) is 0 Å². The molecule has 0 aromatic carbocycles. The first kappa shape index (κ1) is 12.3. The fourth-order valence-electron chi connectivity index (χ4n) is 0.649. The van der Waals surface area contributed by atoms with E-state index in [1.54, 1.807) is 0 Å². The Bertz CT molecular complexity index is 165. The van der Waals surface area contributed by atoms with Gasteiger partial charge in [-0.2, -0.15) is 0 Å². The summed E-state index contributed by atoms with van der Waals surface area (Å²) in [6.07, 6.45) is -1.18. The smallest absolute Gasteiger partial charge is 0.334 e. The number of methoxy groups -OCH3 is 1. The summed E-state index contributed by atoms with van der Waals surface area (Å²) in [5, 5.41) is 0. The van der Waals surface area contributed by atoms with Crippen LogP contribution < -0.4 is 0 Å². The van der Waals surface area contributed by atoms with Crippen molar-refractivity contribution in [1.29, 1.82) is 0 Å². The van der Waals surface area contributed by atoms with E-state index in [1.807, 2.05) is 0 Å². The summed E-state index contributed by atoms with van der Waals surface area (Å²) in [7, 11) is 1.22. The van der Waals surface area contributed by atoms with E-state index in [-0.39, 0.29) is 6.61 Å². The number of esters is 1. The number of rotatable bonds is 5. The lowest BCUT2D eigenvalue weighted by molar-refractivity contribution is -0.154. The average molecular weight is 196 g/mol. The molecule has 5 heteroatoms. The maximum Gasteiger partial charge on any atom is 0.334 e. The van der Waals surface area contributed by atoms with Crippen molar-refractivity contribution in [1.82, 2.24) is 0 Å². The van der Waals surface area contributed by atoms with Gasteiger partial charge in [-0.05, 0) is 13.8 Å². The number of alkyl halides is 2. The van der Waals surface area contributed by atoms with Gasteiger partial charge in [0, 0.05) is 6.42 Å². The molecular weight excluding hydrogens is 182 g/mol. The molecule has 0 bridgehead atoms. The van der Waals surface area contributed by atoms with Crippen molar-refractivity contribution in [2.45, 2.75) is 32.3 Å². The molecule has 0 aromatic rings. The summed E-state index contributed by atoms with van der Waals surface area (Å²) >= 11 is 0. The Labute approximate surface area is 76.0 Å². The van der Waals surface area contributed by atoms with Crippen LogP contribution >= 0.6 is 0 Å². The minimum Gasteiger partial charge on any atom is -0.467 e. The molecule has 13 heavy (non-hydrogen) atoms. The molecular formula is C8H14F2O3. The zero-order chi connectivity index (χ0) is 10.5. The van der Waals surface area contributed by atoms with Crippen molar-refractivity contribution in [2.24, 2.45) is 0 Å². The van der Waals surface area contributed by atoms with Crippen molar-refractivity contribution in [2.75, 3.05) is 13.7 Å². The lowest BCUT2D eigenvalue weighted by atomic mass is 10.3. The predicted octanol–water partition coefficient (Wildman–Crippen LogP) is 1.61. The van der Waals surface area contributed by atoms with Gasteiger partial charge >= 0.3 is 5.97 Å². The molecule has 0 N–H and O–H groups in total. The summed E-state index contributed by atoms with van der Waals surface area (Å²) in [4.78, 5) is 10.7. The highest BCUT2D eigenvalue weighted by Gasteiger charge is 2.22. The molecule has 0 fully saturated rings. The molecule has 3 nitrogen and oxygen atoms in total. The van der Waals surface area contributed by atoms with Gasteiger partial charge in [0.2, 0.25) is 5.92 Å². The summed E-state index contributed by atoms with van der Waals surface area (Å²) < 4.78 is 33.7. The van der Waals surface area contributed by atoms with Gasteiger partial charge in [0.1, 0.15) is 0 Å². The van der Waals surface area contributed by atoms with Crippen LogP contribution in [0.25, 0.3) is 0 Å². The maximum absolute atomic E-state index is 12.3. The van der Waals surface area contributed by atoms with Crippen molar-refractivity contribution < 1.29 is 23.0 Å². The number of hydrogen-bond acceptors (Lipinski definition) is 3. The van der Waals surface area contributed by atoms with Gasteiger partial charge in [-0.1, -0.05) is 0 Å². The zero-order valence-electron chi connectivity index (χ0n) is 7.97. The van der Waals surface area contributed by atoms with Gasteiger partial charge in [-0.3, -0.25) is 0 Å². The molecule has 0 spiro atoms. The number of halogens is 2. The first-order valence-corrected chi connectivity index (χ1v) is 3.94. The van der Waals surface area contributed by atoms with Crippen LogP contribution in [-0.2, 0) is 14.3 Å². The number of hydrogen-bond donors (Lipinski definition) is 0. The number of ether oxygens (including phenoxy) is 2. The normalized spacial score (nSPS) is 13.9. The van der Waals surface area contributed by atoms with E-state index in [4.69, 9.17) is 4.74 Å². The minimum atomic E-state index is -2.75. The van der Waals surface area contributed by atoms with Gasteiger partial charge in [0.25, 0.3) is 0 Å². The largest absolute Gasteiger partial charge is 0.467 e. The van der Waals surface area contributed by atoms with Gasteiger partial charge in [0.05, 0.1) is 13.7 Å². The fourth-order valence-corrected chi connectivity index (χ4v) is 0.649. The Morgan fingerprint density at radius 2 is 2.08 bits per heavy atom. The maximum atomic E-state index is 12.3. The van der Waals surface area contributed by atoms with Gasteiger partial charge in [-0.25, -0.2) is 13.6 Å². The quantitative estimate of drug-likeness (QED) is 0.626. The monoisotopic (exact) mass is 196 g/mol. The standard InChI is InChI=1S/C8H14F2O3/c1-6(7(11)12-3)13-5-4-8(2,9)10/h6H,4-5H2,1-3H3. The first-order valence-electron chi connectivity index (χ1n) is 3.94. The highest BCUT2D eigenvalue weighted by molar-refractivity contribution is 5.73. The molecule has 0 radical (unpaired) electrons. The van der Waals surface area contributed by atoms with Crippen LogP contribution in [0.1, 0.15) is 20.3 Å². The third kappa shape index (κ3) is 6.45. The predicted molar refractivity (Wildman–Crippen MR) is 42.7 cm³/mol. The SMILES string of the molecule is COC(=O)C(C)OCCC(C)(F)F. The third-order valence-electron chi connectivity index (χ3n) is 1.44. The van der Waals surface area contributed by atoms with Crippen molar-refractivity contribution in [3.8, 4) is 0 Å². The lowest BCUT2D eigenvalue weighted by Gasteiger charge is -2.13. The van der Waals surface area contributed by atoms with E-state index < -0.39 is 24.4 Å². The molecule has 1 atom stereocenters. The summed E-state index contributed by atoms with van der Waals surface area (Å²) in [5.74, 6) is -3.31. The summed E-state index contributed by atoms with van der Waals surface area (Å²) in [5.41, 5.74) is 0. The zero-order valence-corrected chi connectivity index (χ0v) is 7.97. The van der Waals surface area contributed by atoms with Crippen LogP contribution in [0.15, 0.2) is 0 Å². The van der Waals surface area contributed by atoms with E-state index in [0.717, 1.165) is 6.92 Å². The van der Waals surface area contributed by atoms with Crippen molar-refractivity contribution >= 4 is 5.97 Å². The van der Waals surface area contributed by atoms with Crippen molar-refractivity contribution in [3.05, 3.63) is 0 Å². The van der Waals surface area contributed by atoms with E-state index in [9.17, 15) is 13.6 Å². The van der Waals surface area contributed by atoms with E-state index in [1.165, 1.54) is 14.0 Å². The molecule has 1 unspecified atom stereocenters. The Hall–Kier alpha value is -0.710. The van der Waals surface area contributed by atoms with E-state index >= 15 is 0 Å². The summed E-state index contributed by atoms with van der Waals surface area (Å²) in [6, 6.07) is 0. The number of carbonyl (C=O) groups is 1. The fraction of sp³-hybridized carbons (Fsp3) is 0.875. The molecule has 0 aliphatic carbocycles. The minimum absolute atomic E-state index is 0.153. The second kappa shape index (κ2) is 5.11. The van der Waals surface area contributed by atoms with Crippen LogP contribution in [0.4, 0.5) is 8.78 Å². The molecule has 0 amide bonds. The van der Waals surface area contributed by atoms with E-state index in [0.29, 0.717) is 0 Å². The Morgan fingerprint density at radius 1 is 1.54 bits per heavy atom. The molecule has 0 saturated heterocycles. The van der Waals surface area contributed by atoms with Gasteiger partial charge < -0.3 is 9.47 Å². The van der Waals surface area contributed by atoms with Crippen LogP contribution in [0, 0.1) is 0 Å². The summed E-state index contributed by atoms with van der Waals surface area (Å²) in [6.45, 7) is 2.11. The molecule has 0 aromatic heterocycles. The highest BCUT2D eigenvalue weighted by Crippen LogP contribution is 2.16. The first-order chi connectivity index (χ1) is 5.87. The van der Waals surface area contributed by atoms with Crippen molar-refractivity contribution in [3.63, 3.8) is 0 Å². The highest BCUT2D eigenvalue weighted by atomic mass is 19.3. The molecule has 0 aliphatic heterocycles. The second-order valence-electron chi connectivity index (χ2n) is 2.86. The second-order valence-corrected chi connectivity index (χ2v) is 2.86. The lowest BCUT2D eigenvalue weighted by Crippen LogP contribution is -2.24. The molecule has 78 valence electrons. The molecule has 0 aliphatic rings. The third-order valence-corrected chi connectivity index (χ3v) is 1.44. The van der Waals surface area contributed by atoms with Crippen LogP contribution in [0.5, 0.6) is 0 Å². The Balaban J connectivity index is 3.59. The Kier molecular flexibility index (Phi) is 4.83. The molecule has 0 saturated carbocycles. The molecule has 0 rings (SSSR count). The molecule has 0 heterocycles. The van der Waals surface area contributed by atoms with E-state index in [2.05, 4.69) is 4.74 Å².